The maximum Gasteiger partial charge on any atom is 0.164 e. The molecule has 82 valence electrons. The number of hydrogen-bond acceptors (Lipinski definition) is 3. The number of thiophene rings is 1. The number of carbonyl (C=O) groups excluding carboxylic acids is 1. The van der Waals surface area contributed by atoms with Crippen molar-refractivity contribution in [2.75, 3.05) is 0 Å². The minimum Gasteiger partial charge on any atom is -0.294 e. The zero-order valence-electron chi connectivity index (χ0n) is 8.93. The molecular formula is C13H13NOS. The number of aryl methyl sites for hydroxylation is 1. The van der Waals surface area contributed by atoms with Gasteiger partial charge in [-0.05, 0) is 36.4 Å². The summed E-state index contributed by atoms with van der Waals surface area (Å²) in [6.45, 7) is 0. The molecule has 2 aromatic heterocycles. The van der Waals surface area contributed by atoms with E-state index in [4.69, 9.17) is 0 Å². The van der Waals surface area contributed by atoms with Gasteiger partial charge in [-0.1, -0.05) is 6.07 Å². The number of nitrogens with zero attached hydrogens (tertiary/aromatic N) is 1. The topological polar surface area (TPSA) is 30.0 Å². The first-order chi connectivity index (χ1) is 7.86. The number of pyridine rings is 1. The molecule has 0 unspecified atom stereocenters. The zero-order valence-corrected chi connectivity index (χ0v) is 9.74. The zero-order chi connectivity index (χ0) is 11.2. The van der Waals surface area contributed by atoms with E-state index < -0.39 is 0 Å². The van der Waals surface area contributed by atoms with Crippen molar-refractivity contribution in [3.8, 4) is 0 Å². The van der Waals surface area contributed by atoms with E-state index in [1.807, 2.05) is 12.1 Å². The second kappa shape index (κ2) is 5.56. The highest BCUT2D eigenvalue weighted by molar-refractivity contribution is 7.09. The Balaban J connectivity index is 1.81. The Kier molecular flexibility index (Phi) is 3.83. The van der Waals surface area contributed by atoms with Gasteiger partial charge in [-0.15, -0.1) is 11.3 Å². The molecule has 0 saturated carbocycles. The van der Waals surface area contributed by atoms with Crippen molar-refractivity contribution in [1.29, 1.82) is 0 Å². The Morgan fingerprint density at radius 1 is 1.31 bits per heavy atom. The van der Waals surface area contributed by atoms with Crippen molar-refractivity contribution in [2.24, 2.45) is 0 Å². The number of hydrogen-bond donors (Lipinski definition) is 0. The lowest BCUT2D eigenvalue weighted by molar-refractivity contribution is 0.0980. The van der Waals surface area contributed by atoms with Crippen LogP contribution in [0.5, 0.6) is 0 Å². The molecule has 0 bridgehead atoms. The van der Waals surface area contributed by atoms with Crippen LogP contribution >= 0.6 is 11.3 Å². The highest BCUT2D eigenvalue weighted by Gasteiger charge is 2.05. The molecule has 16 heavy (non-hydrogen) atoms. The van der Waals surface area contributed by atoms with Crippen LogP contribution in [0, 0.1) is 0 Å². The molecule has 0 atom stereocenters. The van der Waals surface area contributed by atoms with Gasteiger partial charge >= 0.3 is 0 Å². The standard InChI is InChI=1S/C13H13NOS/c15-13(11-4-2-8-14-10-11)7-1-5-12-6-3-9-16-12/h2-4,6,8-10H,1,5,7H2. The summed E-state index contributed by atoms with van der Waals surface area (Å²) in [6.07, 6.45) is 5.82. The van der Waals surface area contributed by atoms with Crippen molar-refractivity contribution in [1.82, 2.24) is 4.98 Å². The third kappa shape index (κ3) is 3.00. The fraction of sp³-hybridized carbons (Fsp3) is 0.231. The summed E-state index contributed by atoms with van der Waals surface area (Å²) in [5.74, 6) is 0.185. The average molecular weight is 231 g/mol. The Bertz CT molecular complexity index is 436. The third-order valence-electron chi connectivity index (χ3n) is 2.39. The number of ketones is 1. The summed E-state index contributed by atoms with van der Waals surface area (Å²) < 4.78 is 0. The van der Waals surface area contributed by atoms with Crippen molar-refractivity contribution < 1.29 is 4.79 Å². The van der Waals surface area contributed by atoms with Crippen LogP contribution in [-0.4, -0.2) is 10.8 Å². The molecule has 2 aromatic rings. The molecule has 0 radical (unpaired) electrons. The molecule has 0 spiro atoms. The summed E-state index contributed by atoms with van der Waals surface area (Å²) in [5.41, 5.74) is 0.716. The van der Waals surface area contributed by atoms with Gasteiger partial charge in [0.2, 0.25) is 0 Å². The minimum absolute atomic E-state index is 0.185. The third-order valence-corrected chi connectivity index (χ3v) is 3.33. The molecule has 0 N–H and O–H groups in total. The van der Waals surface area contributed by atoms with E-state index in [0.29, 0.717) is 12.0 Å². The van der Waals surface area contributed by atoms with Crippen molar-refractivity contribution in [3.63, 3.8) is 0 Å². The number of rotatable bonds is 5. The van der Waals surface area contributed by atoms with E-state index in [1.54, 1.807) is 29.8 Å². The Morgan fingerprint density at radius 3 is 2.94 bits per heavy atom. The normalized spacial score (nSPS) is 10.2. The molecule has 0 fully saturated rings. The summed E-state index contributed by atoms with van der Waals surface area (Å²) in [5, 5.41) is 2.07. The predicted molar refractivity (Wildman–Crippen MR) is 65.8 cm³/mol. The van der Waals surface area contributed by atoms with Crippen LogP contribution in [0.1, 0.15) is 28.1 Å². The summed E-state index contributed by atoms with van der Waals surface area (Å²) in [7, 11) is 0. The quantitative estimate of drug-likeness (QED) is 0.739. The average Bonchev–Trinajstić information content (AvgIpc) is 2.83. The molecular weight excluding hydrogens is 218 g/mol. The van der Waals surface area contributed by atoms with E-state index in [1.165, 1.54) is 4.88 Å². The second-order valence-electron chi connectivity index (χ2n) is 3.60. The van der Waals surface area contributed by atoms with Gasteiger partial charge < -0.3 is 0 Å². The SMILES string of the molecule is O=C(CCCc1cccs1)c1cccnc1. The lowest BCUT2D eigenvalue weighted by atomic mass is 10.1. The van der Waals surface area contributed by atoms with Crippen molar-refractivity contribution >= 4 is 17.1 Å². The predicted octanol–water partition coefficient (Wildman–Crippen LogP) is 3.35. The molecule has 2 nitrogen and oxygen atoms in total. The second-order valence-corrected chi connectivity index (χ2v) is 4.63. The van der Waals surface area contributed by atoms with E-state index in [2.05, 4.69) is 16.4 Å². The molecule has 0 aromatic carbocycles. The van der Waals surface area contributed by atoms with Crippen LogP contribution in [0.4, 0.5) is 0 Å². The lowest BCUT2D eigenvalue weighted by Crippen LogP contribution is -1.99. The van der Waals surface area contributed by atoms with Gasteiger partial charge in [-0.3, -0.25) is 9.78 Å². The molecule has 2 rings (SSSR count). The first-order valence-electron chi connectivity index (χ1n) is 5.32. The minimum atomic E-state index is 0.185. The maximum absolute atomic E-state index is 11.7. The monoisotopic (exact) mass is 231 g/mol. The van der Waals surface area contributed by atoms with E-state index in [0.717, 1.165) is 12.8 Å². The van der Waals surface area contributed by atoms with Gasteiger partial charge in [0.25, 0.3) is 0 Å². The van der Waals surface area contributed by atoms with Gasteiger partial charge in [0.1, 0.15) is 0 Å². The largest absolute Gasteiger partial charge is 0.294 e. The molecule has 0 aliphatic rings. The lowest BCUT2D eigenvalue weighted by Gasteiger charge is -1.99. The fourth-order valence-electron chi connectivity index (χ4n) is 1.55. The van der Waals surface area contributed by atoms with Crippen LogP contribution in [0.25, 0.3) is 0 Å². The van der Waals surface area contributed by atoms with Gasteiger partial charge in [0, 0.05) is 29.3 Å². The number of aromatic nitrogens is 1. The first-order valence-corrected chi connectivity index (χ1v) is 6.20. The molecule has 2 heterocycles. The van der Waals surface area contributed by atoms with Crippen molar-refractivity contribution in [3.05, 3.63) is 52.5 Å². The summed E-state index contributed by atoms with van der Waals surface area (Å²) >= 11 is 1.75. The van der Waals surface area contributed by atoms with E-state index in [9.17, 15) is 4.79 Å². The molecule has 0 amide bonds. The summed E-state index contributed by atoms with van der Waals surface area (Å²) in [4.78, 5) is 17.0. The first kappa shape index (κ1) is 11.0. The van der Waals surface area contributed by atoms with Crippen LogP contribution in [-0.2, 0) is 6.42 Å². The van der Waals surface area contributed by atoms with Crippen molar-refractivity contribution in [2.45, 2.75) is 19.3 Å². The van der Waals surface area contributed by atoms with E-state index in [-0.39, 0.29) is 5.78 Å². The number of carbonyl (C=O) groups is 1. The highest BCUT2D eigenvalue weighted by Crippen LogP contribution is 2.13. The smallest absolute Gasteiger partial charge is 0.164 e. The van der Waals surface area contributed by atoms with Gasteiger partial charge in [-0.2, -0.15) is 0 Å². The Hall–Kier alpha value is -1.48. The van der Waals surface area contributed by atoms with Crippen LogP contribution in [0.15, 0.2) is 42.0 Å². The summed E-state index contributed by atoms with van der Waals surface area (Å²) in [6, 6.07) is 7.77. The van der Waals surface area contributed by atoms with Crippen LogP contribution in [0.2, 0.25) is 0 Å². The Labute approximate surface area is 99.0 Å². The van der Waals surface area contributed by atoms with E-state index >= 15 is 0 Å². The Morgan fingerprint density at radius 2 is 2.25 bits per heavy atom. The van der Waals surface area contributed by atoms with Crippen LogP contribution < -0.4 is 0 Å². The molecule has 3 heteroatoms. The highest BCUT2D eigenvalue weighted by atomic mass is 32.1. The van der Waals surface area contributed by atoms with Gasteiger partial charge in [0.15, 0.2) is 5.78 Å². The molecule has 0 aliphatic heterocycles. The number of Topliss-reactive ketones (excluding diaryl/α,β-unsaturated/α-hetero) is 1. The molecule has 0 aliphatic carbocycles. The maximum atomic E-state index is 11.7. The molecule has 0 saturated heterocycles. The van der Waals surface area contributed by atoms with Gasteiger partial charge in [0.05, 0.1) is 0 Å². The van der Waals surface area contributed by atoms with Crippen LogP contribution in [0.3, 0.4) is 0 Å². The fourth-order valence-corrected chi connectivity index (χ4v) is 2.30. The van der Waals surface area contributed by atoms with Gasteiger partial charge in [-0.25, -0.2) is 0 Å².